The van der Waals surface area contributed by atoms with Gasteiger partial charge in [-0.1, -0.05) is 12.1 Å². The summed E-state index contributed by atoms with van der Waals surface area (Å²) in [6, 6.07) is 21.1. The number of ether oxygens (including phenoxy) is 4. The van der Waals surface area contributed by atoms with Crippen LogP contribution in [-0.4, -0.2) is 63.8 Å². The van der Waals surface area contributed by atoms with E-state index >= 15 is 0 Å². The fourth-order valence-electron chi connectivity index (χ4n) is 6.65. The zero-order valence-corrected chi connectivity index (χ0v) is 29.0. The van der Waals surface area contributed by atoms with E-state index in [9.17, 15) is 19.7 Å². The maximum Gasteiger partial charge on any atom is 0.269 e. The first-order valence-corrected chi connectivity index (χ1v) is 16.7. The molecule has 2 N–H and O–H groups in total. The van der Waals surface area contributed by atoms with Crippen LogP contribution in [0.4, 0.5) is 11.4 Å². The van der Waals surface area contributed by atoms with Gasteiger partial charge in [-0.15, -0.1) is 0 Å². The molecule has 4 aliphatic heterocycles. The summed E-state index contributed by atoms with van der Waals surface area (Å²) in [7, 11) is 0. The van der Waals surface area contributed by atoms with Crippen molar-refractivity contribution in [1.82, 2.24) is 10.0 Å². The van der Waals surface area contributed by atoms with Gasteiger partial charge in [-0.3, -0.25) is 19.7 Å². The zero-order chi connectivity index (χ0) is 36.7. The van der Waals surface area contributed by atoms with Gasteiger partial charge in [-0.2, -0.15) is 10.2 Å². The fraction of sp³-hybridized carbons (Fsp3) is 0.263. The molecule has 0 fully saturated rings. The molecule has 2 atom stereocenters. The van der Waals surface area contributed by atoms with E-state index in [4.69, 9.17) is 24.7 Å². The van der Waals surface area contributed by atoms with E-state index in [1.165, 1.54) is 31.0 Å². The number of fused-ring (bicyclic) bond motifs is 4. The van der Waals surface area contributed by atoms with Crippen LogP contribution in [0.15, 0.2) is 83.0 Å². The molecule has 52 heavy (non-hydrogen) atoms. The van der Waals surface area contributed by atoms with Gasteiger partial charge in [0.25, 0.3) is 5.69 Å². The Hall–Kier alpha value is -6.44. The summed E-state index contributed by atoms with van der Waals surface area (Å²) in [5.74, 6) is 2.46. The summed E-state index contributed by atoms with van der Waals surface area (Å²) in [4.78, 5) is 34.7. The third-order valence-electron chi connectivity index (χ3n) is 9.17. The first-order valence-electron chi connectivity index (χ1n) is 16.7. The van der Waals surface area contributed by atoms with Gasteiger partial charge in [0.05, 0.1) is 28.4 Å². The highest BCUT2D eigenvalue weighted by molar-refractivity contribution is 6.15. The lowest BCUT2D eigenvalue weighted by molar-refractivity contribution is -0.384. The Labute approximate surface area is 299 Å². The third-order valence-corrected chi connectivity index (χ3v) is 9.17. The standard InChI is InChI=1S/C19H17N3O5.C19H19N3O3/c1-11-7-14-8-17-18(27-10-26-17)9-16(14)19(20-21(11)12(2)23)13-3-5-15(6-4-13)22(24)25;1-11-7-14-8-17-18(25-10-24-17)9-16(14)19(21-22(11)12(2)23)13-3-5-15(20)6-4-13/h3-6,8-9,11H,7,10H2,1-2H3;3-6,8-9,11H,7,10,20H2,1-2H3/t2*11-/m11/s1. The smallest absolute Gasteiger partial charge is 0.269 e. The molecule has 14 heteroatoms. The Morgan fingerprint density at radius 2 is 1.08 bits per heavy atom. The van der Waals surface area contributed by atoms with Crippen LogP contribution in [0.3, 0.4) is 0 Å². The second-order valence-electron chi connectivity index (χ2n) is 12.9. The van der Waals surface area contributed by atoms with Crippen molar-refractivity contribution in [2.45, 2.75) is 52.6 Å². The van der Waals surface area contributed by atoms with Crippen LogP contribution in [0.2, 0.25) is 0 Å². The molecule has 266 valence electrons. The van der Waals surface area contributed by atoms with E-state index in [1.54, 1.807) is 17.1 Å². The number of nitrogen functional groups attached to an aromatic ring is 1. The van der Waals surface area contributed by atoms with Gasteiger partial charge < -0.3 is 24.7 Å². The highest BCUT2D eigenvalue weighted by Crippen LogP contribution is 2.39. The van der Waals surface area contributed by atoms with Crippen LogP contribution in [0.1, 0.15) is 61.1 Å². The quantitative estimate of drug-likeness (QED) is 0.166. The molecule has 0 bridgehead atoms. The molecular weight excluding hydrogens is 668 g/mol. The summed E-state index contributed by atoms with van der Waals surface area (Å²) in [5.41, 5.74) is 13.2. The lowest BCUT2D eigenvalue weighted by Gasteiger charge is -2.21. The van der Waals surface area contributed by atoms with Crippen molar-refractivity contribution in [3.8, 4) is 23.0 Å². The molecule has 4 heterocycles. The number of carbonyl (C=O) groups is 2. The van der Waals surface area contributed by atoms with Gasteiger partial charge in [-0.25, -0.2) is 10.0 Å². The summed E-state index contributed by atoms with van der Waals surface area (Å²) in [6.07, 6.45) is 1.29. The largest absolute Gasteiger partial charge is 0.454 e. The third kappa shape index (κ3) is 6.57. The first-order chi connectivity index (χ1) is 25.0. The van der Waals surface area contributed by atoms with Gasteiger partial charge in [-0.05, 0) is 86.3 Å². The maximum absolute atomic E-state index is 12.1. The molecular formula is C38H36N6O8. The maximum atomic E-state index is 12.1. The lowest BCUT2D eigenvalue weighted by Crippen LogP contribution is -2.33. The summed E-state index contributed by atoms with van der Waals surface area (Å²) < 4.78 is 22.0. The topological polar surface area (TPSA) is 171 Å². The van der Waals surface area contributed by atoms with Crippen LogP contribution < -0.4 is 24.7 Å². The van der Waals surface area contributed by atoms with Gasteiger partial charge >= 0.3 is 0 Å². The Bertz CT molecular complexity index is 2150. The molecule has 14 nitrogen and oxygen atoms in total. The van der Waals surface area contributed by atoms with Crippen molar-refractivity contribution in [3.05, 3.63) is 116 Å². The Morgan fingerprint density at radius 3 is 1.46 bits per heavy atom. The van der Waals surface area contributed by atoms with Crippen LogP contribution in [0.25, 0.3) is 0 Å². The van der Waals surface area contributed by atoms with Gasteiger partial charge in [0, 0.05) is 53.9 Å². The number of nitrogens with zero attached hydrogens (tertiary/aromatic N) is 5. The van der Waals surface area contributed by atoms with Crippen molar-refractivity contribution in [3.63, 3.8) is 0 Å². The zero-order valence-electron chi connectivity index (χ0n) is 29.0. The number of hydrazone groups is 2. The first kappa shape index (κ1) is 34.0. The van der Waals surface area contributed by atoms with Crippen molar-refractivity contribution >= 4 is 34.6 Å². The molecule has 0 radical (unpaired) electrons. The van der Waals surface area contributed by atoms with E-state index in [1.807, 2.05) is 62.4 Å². The number of benzene rings is 4. The molecule has 0 saturated carbocycles. The molecule has 0 aliphatic carbocycles. The minimum atomic E-state index is -0.450. The van der Waals surface area contributed by atoms with E-state index in [-0.39, 0.29) is 43.2 Å². The molecule has 0 aromatic heterocycles. The highest BCUT2D eigenvalue weighted by atomic mass is 16.7. The Balaban J connectivity index is 0.000000162. The average Bonchev–Trinajstić information content (AvgIpc) is 3.71. The number of carbonyl (C=O) groups excluding carboxylic acids is 2. The van der Waals surface area contributed by atoms with Crippen molar-refractivity contribution in [2.24, 2.45) is 10.2 Å². The number of amides is 2. The molecule has 4 aromatic rings. The van der Waals surface area contributed by atoms with Crippen molar-refractivity contribution in [2.75, 3.05) is 19.3 Å². The SMILES string of the molecule is CC(=O)N1N=C(c2ccc(N)cc2)c2cc3c(cc2C[C@H]1C)OCO3.CC(=O)N1N=C(c2ccc([N+](=O)[O-])cc2)c2cc3c(cc2C[C@H]1C)OCO3. The van der Waals surface area contributed by atoms with Crippen molar-refractivity contribution in [1.29, 1.82) is 0 Å². The summed E-state index contributed by atoms with van der Waals surface area (Å²) >= 11 is 0. The predicted octanol–water partition coefficient (Wildman–Crippen LogP) is 5.41. The highest BCUT2D eigenvalue weighted by Gasteiger charge is 2.30. The number of non-ortho nitro benzene ring substituents is 1. The molecule has 4 aliphatic rings. The van der Waals surface area contributed by atoms with Crippen LogP contribution in [0, 0.1) is 10.1 Å². The van der Waals surface area contributed by atoms with Gasteiger partial charge in [0.15, 0.2) is 23.0 Å². The summed E-state index contributed by atoms with van der Waals surface area (Å²) in [6.45, 7) is 7.31. The number of nitrogens with two attached hydrogens (primary N) is 1. The van der Waals surface area contributed by atoms with E-state index in [0.29, 0.717) is 47.1 Å². The monoisotopic (exact) mass is 704 g/mol. The minimum absolute atomic E-state index is 0.00401. The lowest BCUT2D eigenvalue weighted by atomic mass is 9.94. The molecule has 4 aromatic carbocycles. The van der Waals surface area contributed by atoms with Gasteiger partial charge in [0.1, 0.15) is 0 Å². The van der Waals surface area contributed by atoms with Crippen LogP contribution >= 0.6 is 0 Å². The number of anilines is 1. The summed E-state index contributed by atoms with van der Waals surface area (Å²) in [5, 5.41) is 23.2. The number of rotatable bonds is 3. The van der Waals surface area contributed by atoms with Crippen LogP contribution in [-0.2, 0) is 22.4 Å². The normalized spacial score (nSPS) is 18.1. The second kappa shape index (κ2) is 13.7. The van der Waals surface area contributed by atoms with E-state index in [2.05, 4.69) is 10.2 Å². The number of hydrogen-bond donors (Lipinski definition) is 1. The van der Waals surface area contributed by atoms with Crippen LogP contribution in [0.5, 0.6) is 23.0 Å². The Morgan fingerprint density at radius 1 is 0.692 bits per heavy atom. The molecule has 8 rings (SSSR count). The van der Waals surface area contributed by atoms with E-state index in [0.717, 1.165) is 39.3 Å². The predicted molar refractivity (Wildman–Crippen MR) is 192 cm³/mol. The average molecular weight is 705 g/mol. The Kier molecular flexibility index (Phi) is 8.97. The fourth-order valence-corrected chi connectivity index (χ4v) is 6.65. The molecule has 0 unspecified atom stereocenters. The van der Waals surface area contributed by atoms with Crippen molar-refractivity contribution < 1.29 is 33.5 Å². The number of nitro benzene ring substituents is 1. The molecule has 0 spiro atoms. The molecule has 0 saturated heterocycles. The number of nitro groups is 1. The second-order valence-corrected chi connectivity index (χ2v) is 12.9. The minimum Gasteiger partial charge on any atom is -0.454 e. The number of hydrogen-bond acceptors (Lipinski definition) is 11. The van der Waals surface area contributed by atoms with E-state index < -0.39 is 4.92 Å². The molecule has 2 amide bonds. The van der Waals surface area contributed by atoms with Gasteiger partial charge in [0.2, 0.25) is 25.4 Å².